The summed E-state index contributed by atoms with van der Waals surface area (Å²) in [5.74, 6) is 0. The lowest BCUT2D eigenvalue weighted by atomic mass is 9.88. The highest BCUT2D eigenvalue weighted by molar-refractivity contribution is 5.36. The van der Waals surface area contributed by atoms with E-state index in [9.17, 15) is 4.79 Å². The number of ether oxygens (including phenoxy) is 1. The van der Waals surface area contributed by atoms with Crippen molar-refractivity contribution in [1.82, 2.24) is 4.91 Å². The average molecular weight is 244 g/mol. The van der Waals surface area contributed by atoms with Crippen molar-refractivity contribution in [3.05, 3.63) is 0 Å². The van der Waals surface area contributed by atoms with Crippen LogP contribution in [0.3, 0.4) is 0 Å². The topological polar surface area (TPSA) is 76.6 Å². The second-order valence-electron chi connectivity index (χ2n) is 4.93. The first-order valence-corrected chi connectivity index (χ1v) is 6.03. The summed E-state index contributed by atoms with van der Waals surface area (Å²) < 4.78 is 4.15. The third kappa shape index (κ3) is 17.4. The van der Waals surface area contributed by atoms with E-state index >= 15 is 0 Å². The molecule has 0 unspecified atom stereocenters. The number of hydrogen-bond acceptors (Lipinski definition) is 4. The predicted octanol–water partition coefficient (Wildman–Crippen LogP) is 3.32. The van der Waals surface area contributed by atoms with Crippen LogP contribution in [0.25, 0.3) is 0 Å². The quantitative estimate of drug-likeness (QED) is 0.442. The lowest BCUT2D eigenvalue weighted by molar-refractivity contribution is -0.128. The molecular formula is C12H26N3O2+. The summed E-state index contributed by atoms with van der Waals surface area (Å²) in [7, 11) is 0. The zero-order valence-corrected chi connectivity index (χ0v) is 11.7. The lowest BCUT2D eigenvalue weighted by Crippen LogP contribution is -2.10. The third-order valence-corrected chi connectivity index (χ3v) is 2.15. The van der Waals surface area contributed by atoms with Gasteiger partial charge in [-0.15, -0.1) is 0 Å². The van der Waals surface area contributed by atoms with Crippen molar-refractivity contribution in [1.29, 1.82) is 5.53 Å². The van der Waals surface area contributed by atoms with Crippen LogP contribution in [-0.4, -0.2) is 19.1 Å². The summed E-state index contributed by atoms with van der Waals surface area (Å²) in [6.07, 6.45) is 3.17. The zero-order chi connectivity index (χ0) is 13.7. The summed E-state index contributed by atoms with van der Waals surface area (Å²) in [5.41, 5.74) is 7.00. The maximum Gasteiger partial charge on any atom is 0.293 e. The van der Waals surface area contributed by atoms with E-state index in [0.29, 0.717) is 18.5 Å². The molecular weight excluding hydrogens is 218 g/mol. The van der Waals surface area contributed by atoms with E-state index in [1.807, 2.05) is 0 Å². The van der Waals surface area contributed by atoms with Gasteiger partial charge < -0.3 is 4.74 Å². The maximum absolute atomic E-state index is 9.18. The first-order valence-electron chi connectivity index (χ1n) is 6.03. The molecule has 0 saturated heterocycles. The Morgan fingerprint density at radius 1 is 1.41 bits per heavy atom. The fraction of sp³-hybridized carbons (Fsp3) is 0.917. The number of hydrogen-bond donors (Lipinski definition) is 1. The van der Waals surface area contributed by atoms with Crippen LogP contribution in [0.5, 0.6) is 0 Å². The van der Waals surface area contributed by atoms with Gasteiger partial charge in [0.05, 0.1) is 6.61 Å². The van der Waals surface area contributed by atoms with Gasteiger partial charge in [0, 0.05) is 0 Å². The molecule has 0 aromatic heterocycles. The number of rotatable bonds is 6. The van der Waals surface area contributed by atoms with E-state index in [2.05, 4.69) is 42.5 Å². The van der Waals surface area contributed by atoms with Crippen molar-refractivity contribution in [2.24, 2.45) is 10.5 Å². The van der Waals surface area contributed by atoms with E-state index in [1.165, 1.54) is 0 Å². The molecule has 0 rings (SSSR count). The monoisotopic (exact) mass is 244 g/mol. The van der Waals surface area contributed by atoms with Crippen molar-refractivity contribution in [2.45, 2.75) is 59.9 Å². The van der Waals surface area contributed by atoms with Crippen LogP contribution in [-0.2, 0) is 9.53 Å². The smallest absolute Gasteiger partial charge is 0.293 e. The number of carbonyl (C=O) groups is 1. The lowest BCUT2D eigenvalue weighted by Gasteiger charge is -2.18. The normalized spacial score (nSPS) is 11.6. The van der Waals surface area contributed by atoms with Crippen LogP contribution in [0.4, 0.5) is 0 Å². The van der Waals surface area contributed by atoms with Crippen molar-refractivity contribution < 1.29 is 9.53 Å². The summed E-state index contributed by atoms with van der Waals surface area (Å²) in [4.78, 5) is 12.3. The van der Waals surface area contributed by atoms with Crippen molar-refractivity contribution >= 4 is 6.47 Å². The minimum atomic E-state index is 0.252. The molecule has 0 saturated carbocycles. The van der Waals surface area contributed by atoms with Crippen molar-refractivity contribution in [2.75, 3.05) is 6.61 Å². The third-order valence-electron chi connectivity index (χ3n) is 2.15. The van der Waals surface area contributed by atoms with E-state index in [4.69, 9.17) is 5.53 Å². The van der Waals surface area contributed by atoms with Crippen LogP contribution in [0.15, 0.2) is 5.11 Å². The molecule has 0 radical (unpaired) electrons. The number of nitrogens with one attached hydrogen (secondary N) is 1. The molecule has 0 aliphatic heterocycles. The van der Waals surface area contributed by atoms with E-state index < -0.39 is 0 Å². The van der Waals surface area contributed by atoms with Crippen LogP contribution < -0.4 is 4.91 Å². The summed E-state index contributed by atoms with van der Waals surface area (Å²) in [6, 6.07) is 0.252. The number of carbonyl (C=O) groups excluding carboxylic acids is 1. The fourth-order valence-electron chi connectivity index (χ4n) is 1.09. The first kappa shape index (κ1) is 18.2. The van der Waals surface area contributed by atoms with E-state index in [-0.39, 0.29) is 6.04 Å². The van der Waals surface area contributed by atoms with Gasteiger partial charge in [0.15, 0.2) is 0 Å². The highest BCUT2D eigenvalue weighted by atomic mass is 16.5. The second-order valence-corrected chi connectivity index (χ2v) is 4.93. The molecule has 100 valence electrons. The van der Waals surface area contributed by atoms with E-state index in [1.54, 1.807) is 6.92 Å². The fourth-order valence-corrected chi connectivity index (χ4v) is 1.09. The van der Waals surface area contributed by atoms with E-state index in [0.717, 1.165) is 19.3 Å². The van der Waals surface area contributed by atoms with Gasteiger partial charge in [0.25, 0.3) is 6.47 Å². The molecule has 0 heterocycles. The second kappa shape index (κ2) is 11.3. The first-order chi connectivity index (χ1) is 7.91. The van der Waals surface area contributed by atoms with Crippen molar-refractivity contribution in [3.63, 3.8) is 0 Å². The van der Waals surface area contributed by atoms with Gasteiger partial charge in [0.2, 0.25) is 4.91 Å². The zero-order valence-electron chi connectivity index (χ0n) is 11.7. The molecule has 0 aliphatic carbocycles. The minimum absolute atomic E-state index is 0.252. The molecule has 1 atom stereocenters. The van der Waals surface area contributed by atoms with Gasteiger partial charge in [-0.05, 0) is 31.6 Å². The molecule has 0 aromatic rings. The highest BCUT2D eigenvalue weighted by Crippen LogP contribution is 2.22. The van der Waals surface area contributed by atoms with Crippen LogP contribution in [0, 0.1) is 10.9 Å². The summed E-state index contributed by atoms with van der Waals surface area (Å²) >= 11 is 0. The summed E-state index contributed by atoms with van der Waals surface area (Å²) in [5, 5.41) is 3.84. The highest BCUT2D eigenvalue weighted by Gasteiger charge is 2.16. The van der Waals surface area contributed by atoms with Gasteiger partial charge in [-0.25, -0.2) is 0 Å². The molecule has 0 spiro atoms. The molecule has 5 heteroatoms. The average Bonchev–Trinajstić information content (AvgIpc) is 2.25. The van der Waals surface area contributed by atoms with Gasteiger partial charge >= 0.3 is 0 Å². The Morgan fingerprint density at radius 3 is 2.24 bits per heavy atom. The Balaban J connectivity index is 0. The molecule has 0 aliphatic rings. The van der Waals surface area contributed by atoms with Crippen molar-refractivity contribution in [3.8, 4) is 0 Å². The van der Waals surface area contributed by atoms with Crippen LogP contribution in [0.1, 0.15) is 53.9 Å². The minimum Gasteiger partial charge on any atom is -0.468 e. The predicted molar refractivity (Wildman–Crippen MR) is 67.7 cm³/mol. The SMILES string of the molecule is CCOC=O.CC[C@@H](CCC(C)(C)C)N=[N+]=N. The van der Waals surface area contributed by atoms with Gasteiger partial charge in [0.1, 0.15) is 16.7 Å². The Bertz CT molecular complexity index is 230. The molecule has 17 heavy (non-hydrogen) atoms. The van der Waals surface area contributed by atoms with Gasteiger partial charge in [-0.3, -0.25) is 4.79 Å². The van der Waals surface area contributed by atoms with Crippen LogP contribution in [0.2, 0.25) is 0 Å². The molecule has 0 aromatic carbocycles. The molecule has 0 amide bonds. The Morgan fingerprint density at radius 2 is 2.00 bits per heavy atom. The van der Waals surface area contributed by atoms with Gasteiger partial charge in [-0.2, -0.15) is 0 Å². The molecule has 0 bridgehead atoms. The standard InChI is InChI=1S/C9H20N3.C3H6O2/c1-5-8(11-12-10)6-7-9(2,3)4;1-2-5-3-4/h8,10H,5-7H2,1-4H3;3H,2H2,1H3/q+1;/t8-;/m0./s1. The Labute approximate surface area is 104 Å². The molecule has 1 N–H and O–H groups in total. The van der Waals surface area contributed by atoms with Gasteiger partial charge in [-0.1, -0.05) is 27.7 Å². The Hall–Kier alpha value is -1.22. The number of nitrogens with zero attached hydrogens (tertiary/aromatic N) is 2. The summed E-state index contributed by atoms with van der Waals surface area (Å²) in [6.45, 7) is 11.4. The van der Waals surface area contributed by atoms with Crippen LogP contribution >= 0.6 is 0 Å². The molecule has 5 nitrogen and oxygen atoms in total. The maximum atomic E-state index is 9.18. The largest absolute Gasteiger partial charge is 0.468 e. The molecule has 0 fully saturated rings. The Kier molecular flexibility index (Phi) is 12.0.